The number of fused-ring (bicyclic) bond motifs is 1. The fraction of sp³-hybridized carbons (Fsp3) is 0. The molecule has 14 heavy (non-hydrogen) atoms. The minimum Gasteiger partial charge on any atom is -0.545 e. The number of rotatable bonds is 1. The fourth-order valence-electron chi connectivity index (χ4n) is 1.20. The first kappa shape index (κ1) is 8.50. The number of hydrogen-bond donors (Lipinski definition) is 0. The van der Waals surface area contributed by atoms with Crippen LogP contribution in [0.3, 0.4) is 0 Å². The van der Waals surface area contributed by atoms with E-state index in [0.717, 1.165) is 0 Å². The Morgan fingerprint density at radius 1 is 1.29 bits per heavy atom. The molecule has 2 aromatic rings. The molecule has 4 nitrogen and oxygen atoms in total. The highest BCUT2D eigenvalue weighted by Crippen LogP contribution is 2.11. The second-order valence-electron chi connectivity index (χ2n) is 2.77. The molecule has 1 heterocycles. The lowest BCUT2D eigenvalue weighted by atomic mass is 10.2. The predicted molar refractivity (Wildman–Crippen MR) is 46.8 cm³/mol. The number of aromatic carboxylic acids is 1. The number of carboxylic acids is 1. The van der Waals surface area contributed by atoms with Crippen LogP contribution < -0.4 is 10.7 Å². The summed E-state index contributed by atoms with van der Waals surface area (Å²) in [6.45, 7) is 0. The molecule has 1 aromatic heterocycles. The van der Waals surface area contributed by atoms with E-state index < -0.39 is 17.2 Å². The summed E-state index contributed by atoms with van der Waals surface area (Å²) in [4.78, 5) is 21.6. The van der Waals surface area contributed by atoms with Crippen LogP contribution in [0.15, 0.2) is 39.5 Å². The topological polar surface area (TPSA) is 70.3 Å². The summed E-state index contributed by atoms with van der Waals surface area (Å²) in [6.07, 6.45) is 0. The van der Waals surface area contributed by atoms with Crippen molar-refractivity contribution in [1.82, 2.24) is 0 Å². The first-order valence-electron chi connectivity index (χ1n) is 3.93. The van der Waals surface area contributed by atoms with E-state index in [0.29, 0.717) is 11.0 Å². The Balaban J connectivity index is 2.84. The van der Waals surface area contributed by atoms with Crippen molar-refractivity contribution in [2.24, 2.45) is 0 Å². The molecular formula is C10H5O4-. The molecule has 0 aliphatic carbocycles. The maximum Gasteiger partial charge on any atom is 0.345 e. The van der Waals surface area contributed by atoms with Gasteiger partial charge in [-0.3, -0.25) is 0 Å². The largest absolute Gasteiger partial charge is 0.545 e. The van der Waals surface area contributed by atoms with Crippen molar-refractivity contribution in [3.8, 4) is 0 Å². The SMILES string of the molecule is O=C([O-])c1cc2ccccc2oc1=O. The molecular weight excluding hydrogens is 184 g/mol. The van der Waals surface area contributed by atoms with Crippen molar-refractivity contribution < 1.29 is 14.3 Å². The summed E-state index contributed by atoms with van der Waals surface area (Å²) in [7, 11) is 0. The maximum atomic E-state index is 11.1. The van der Waals surface area contributed by atoms with E-state index in [4.69, 9.17) is 4.42 Å². The zero-order valence-electron chi connectivity index (χ0n) is 7.02. The smallest absolute Gasteiger partial charge is 0.345 e. The molecule has 0 aliphatic rings. The van der Waals surface area contributed by atoms with Gasteiger partial charge in [0.1, 0.15) is 5.58 Å². The van der Waals surface area contributed by atoms with Gasteiger partial charge in [0.2, 0.25) is 0 Å². The van der Waals surface area contributed by atoms with Gasteiger partial charge in [-0.25, -0.2) is 4.79 Å². The number of carboxylic acid groups (broad SMARTS) is 1. The molecule has 0 unspecified atom stereocenters. The van der Waals surface area contributed by atoms with Gasteiger partial charge in [-0.2, -0.15) is 0 Å². The van der Waals surface area contributed by atoms with Gasteiger partial charge in [-0.15, -0.1) is 0 Å². The van der Waals surface area contributed by atoms with Gasteiger partial charge >= 0.3 is 5.63 Å². The zero-order valence-corrected chi connectivity index (χ0v) is 7.02. The first-order valence-corrected chi connectivity index (χ1v) is 3.93. The van der Waals surface area contributed by atoms with E-state index in [1.54, 1.807) is 24.3 Å². The molecule has 2 rings (SSSR count). The van der Waals surface area contributed by atoms with Gasteiger partial charge in [0.25, 0.3) is 0 Å². The minimum absolute atomic E-state index is 0.363. The molecule has 0 atom stereocenters. The highest BCUT2D eigenvalue weighted by molar-refractivity contribution is 5.90. The predicted octanol–water partition coefficient (Wildman–Crippen LogP) is 0.156. The standard InChI is InChI=1S/C10H6O4/c11-9(12)7-5-6-3-1-2-4-8(6)14-10(7)13/h1-5H,(H,11,12)/p-1. The van der Waals surface area contributed by atoms with Crippen LogP contribution in [0.4, 0.5) is 0 Å². The third-order valence-electron chi connectivity index (χ3n) is 1.86. The van der Waals surface area contributed by atoms with E-state index in [-0.39, 0.29) is 0 Å². The summed E-state index contributed by atoms with van der Waals surface area (Å²) >= 11 is 0. The third kappa shape index (κ3) is 1.26. The summed E-state index contributed by atoms with van der Waals surface area (Å²) in [5.41, 5.74) is -0.977. The van der Waals surface area contributed by atoms with Gasteiger partial charge in [-0.1, -0.05) is 18.2 Å². The van der Waals surface area contributed by atoms with E-state index in [1.165, 1.54) is 6.07 Å². The first-order chi connectivity index (χ1) is 6.68. The minimum atomic E-state index is -1.52. The summed E-state index contributed by atoms with van der Waals surface area (Å²) in [5.74, 6) is -1.52. The van der Waals surface area contributed by atoms with Crippen LogP contribution in [0, 0.1) is 0 Å². The highest BCUT2D eigenvalue weighted by atomic mass is 16.4. The number of hydrogen-bond acceptors (Lipinski definition) is 4. The Bertz CT molecular complexity index is 553. The Morgan fingerprint density at radius 2 is 2.00 bits per heavy atom. The van der Waals surface area contributed by atoms with Crippen LogP contribution in [0.5, 0.6) is 0 Å². The van der Waals surface area contributed by atoms with Crippen LogP contribution in [-0.2, 0) is 0 Å². The Hall–Kier alpha value is -2.10. The van der Waals surface area contributed by atoms with Crippen LogP contribution in [0.2, 0.25) is 0 Å². The molecule has 1 aromatic carbocycles. The molecule has 70 valence electrons. The molecule has 0 saturated carbocycles. The lowest BCUT2D eigenvalue weighted by Crippen LogP contribution is -2.28. The zero-order chi connectivity index (χ0) is 10.1. The third-order valence-corrected chi connectivity index (χ3v) is 1.86. The second-order valence-corrected chi connectivity index (χ2v) is 2.77. The van der Waals surface area contributed by atoms with E-state index >= 15 is 0 Å². The van der Waals surface area contributed by atoms with Crippen LogP contribution >= 0.6 is 0 Å². The second kappa shape index (κ2) is 2.99. The van der Waals surface area contributed by atoms with Gasteiger partial charge in [0.05, 0.1) is 11.5 Å². The van der Waals surface area contributed by atoms with Crippen molar-refractivity contribution in [1.29, 1.82) is 0 Å². The van der Waals surface area contributed by atoms with Gasteiger partial charge in [-0.05, 0) is 12.1 Å². The van der Waals surface area contributed by atoms with Crippen LogP contribution in [0.1, 0.15) is 10.4 Å². The normalized spacial score (nSPS) is 10.3. The van der Waals surface area contributed by atoms with Crippen LogP contribution in [0.25, 0.3) is 11.0 Å². The van der Waals surface area contributed by atoms with Crippen molar-refractivity contribution >= 4 is 16.9 Å². The molecule has 0 fully saturated rings. The maximum absolute atomic E-state index is 11.1. The lowest BCUT2D eigenvalue weighted by molar-refractivity contribution is -0.255. The van der Waals surface area contributed by atoms with Crippen molar-refractivity contribution in [2.45, 2.75) is 0 Å². The van der Waals surface area contributed by atoms with Crippen molar-refractivity contribution in [3.05, 3.63) is 46.3 Å². The molecule has 0 saturated heterocycles. The Kier molecular flexibility index (Phi) is 1.81. The summed E-state index contributed by atoms with van der Waals surface area (Å²) in [6, 6.07) is 7.92. The van der Waals surface area contributed by atoms with Crippen molar-refractivity contribution in [2.75, 3.05) is 0 Å². The van der Waals surface area contributed by atoms with E-state index in [9.17, 15) is 14.7 Å². The summed E-state index contributed by atoms with van der Waals surface area (Å²) in [5, 5.41) is 11.1. The summed E-state index contributed by atoms with van der Waals surface area (Å²) < 4.78 is 4.78. The van der Waals surface area contributed by atoms with Crippen molar-refractivity contribution in [3.63, 3.8) is 0 Å². The average Bonchev–Trinajstić information content (AvgIpc) is 2.16. The highest BCUT2D eigenvalue weighted by Gasteiger charge is 2.04. The molecule has 0 amide bonds. The number of para-hydroxylation sites is 1. The number of carbonyl (C=O) groups excluding carboxylic acids is 1. The quantitative estimate of drug-likeness (QED) is 0.599. The molecule has 0 N–H and O–H groups in total. The molecule has 0 aliphatic heterocycles. The number of carbonyl (C=O) groups is 1. The lowest BCUT2D eigenvalue weighted by Gasteiger charge is -2.01. The van der Waals surface area contributed by atoms with E-state index in [1.807, 2.05) is 0 Å². The molecule has 0 bridgehead atoms. The van der Waals surface area contributed by atoms with Gasteiger partial charge in [0, 0.05) is 5.39 Å². The molecule has 0 radical (unpaired) electrons. The van der Waals surface area contributed by atoms with Crippen LogP contribution in [-0.4, -0.2) is 5.97 Å². The fourth-order valence-corrected chi connectivity index (χ4v) is 1.20. The van der Waals surface area contributed by atoms with Gasteiger partial charge < -0.3 is 14.3 Å². The Morgan fingerprint density at radius 3 is 2.71 bits per heavy atom. The molecule has 4 heteroatoms. The molecule has 0 spiro atoms. The Labute approximate surface area is 78.4 Å². The number of benzene rings is 1. The van der Waals surface area contributed by atoms with Gasteiger partial charge in [0.15, 0.2) is 0 Å². The monoisotopic (exact) mass is 189 g/mol. The average molecular weight is 189 g/mol. The van der Waals surface area contributed by atoms with E-state index in [2.05, 4.69) is 0 Å².